The molecular weight excluding hydrogens is 428 g/mol. The van der Waals surface area contributed by atoms with Crippen molar-refractivity contribution in [2.45, 2.75) is 24.9 Å². The molecule has 0 bridgehead atoms. The second kappa shape index (κ2) is 11.4. The van der Waals surface area contributed by atoms with Crippen LogP contribution in [0.4, 0.5) is 8.78 Å². The van der Waals surface area contributed by atoms with Crippen molar-refractivity contribution >= 4 is 5.97 Å². The highest BCUT2D eigenvalue weighted by Gasteiger charge is 2.34. The molecule has 7 heteroatoms. The quantitative estimate of drug-likeness (QED) is 0.358. The molecule has 3 rings (SSSR count). The summed E-state index contributed by atoms with van der Waals surface area (Å²) in [7, 11) is 1.44. The highest BCUT2D eigenvalue weighted by atomic mass is 19.3. The van der Waals surface area contributed by atoms with Gasteiger partial charge in [0, 0.05) is 11.1 Å². The Morgan fingerprint density at radius 3 is 2.36 bits per heavy atom. The monoisotopic (exact) mass is 455 g/mol. The van der Waals surface area contributed by atoms with Crippen molar-refractivity contribution in [3.05, 3.63) is 95.6 Å². The maximum atomic E-state index is 15.0. The van der Waals surface area contributed by atoms with E-state index in [1.54, 1.807) is 18.2 Å². The van der Waals surface area contributed by atoms with Crippen molar-refractivity contribution in [1.29, 1.82) is 0 Å². The van der Waals surface area contributed by atoms with Crippen molar-refractivity contribution in [2.24, 2.45) is 0 Å². The minimum atomic E-state index is -3.18. The summed E-state index contributed by atoms with van der Waals surface area (Å²) in [5, 5.41) is 11.6. The number of benzene rings is 3. The van der Waals surface area contributed by atoms with Crippen LogP contribution in [0.15, 0.2) is 78.9 Å². The number of carboxylic acids is 1. The second-order valence-electron chi connectivity index (χ2n) is 7.56. The minimum Gasteiger partial charge on any atom is -0.497 e. The van der Waals surface area contributed by atoms with Gasteiger partial charge in [-0.3, -0.25) is 4.79 Å². The fourth-order valence-corrected chi connectivity index (χ4v) is 3.46. The zero-order valence-electron chi connectivity index (χ0n) is 18.3. The van der Waals surface area contributed by atoms with Crippen LogP contribution < -0.4 is 14.8 Å². The number of halogens is 2. The standard InChI is InChI=1S/C26H27F2NO4/c1-32-23-10-5-9-21(17-23)26(27,28)20-12-14-22(15-13-20)33-24(19-7-3-2-4-8-19)11-6-16-29-18-25(30)31/h2-5,7-10,12-15,17,24,29H,6,11,16,18H2,1H3,(H,30,31). The fourth-order valence-electron chi connectivity index (χ4n) is 3.46. The number of aliphatic carboxylic acids is 1. The lowest BCUT2D eigenvalue weighted by atomic mass is 10.00. The smallest absolute Gasteiger partial charge is 0.317 e. The van der Waals surface area contributed by atoms with Crippen LogP contribution in [0.5, 0.6) is 11.5 Å². The van der Waals surface area contributed by atoms with Crippen LogP contribution >= 0.6 is 0 Å². The molecule has 0 amide bonds. The fraction of sp³-hybridized carbons (Fsp3) is 0.269. The molecule has 1 unspecified atom stereocenters. The second-order valence-corrected chi connectivity index (χ2v) is 7.56. The molecule has 0 heterocycles. The van der Waals surface area contributed by atoms with Gasteiger partial charge in [-0.2, -0.15) is 8.78 Å². The molecule has 5 nitrogen and oxygen atoms in total. The number of methoxy groups -OCH3 is 1. The molecule has 0 saturated heterocycles. The SMILES string of the molecule is COc1cccc(C(F)(F)c2ccc(OC(CCCNCC(=O)O)c3ccccc3)cc2)c1. The van der Waals surface area contributed by atoms with Gasteiger partial charge in [0.15, 0.2) is 0 Å². The Morgan fingerprint density at radius 1 is 0.970 bits per heavy atom. The predicted molar refractivity (Wildman–Crippen MR) is 122 cm³/mol. The van der Waals surface area contributed by atoms with Crippen LogP contribution in [-0.2, 0) is 10.7 Å². The third-order valence-electron chi connectivity index (χ3n) is 5.19. The normalized spacial score (nSPS) is 12.2. The molecule has 0 spiro atoms. The van der Waals surface area contributed by atoms with Crippen LogP contribution in [-0.4, -0.2) is 31.3 Å². The summed E-state index contributed by atoms with van der Waals surface area (Å²) < 4.78 is 41.2. The third-order valence-corrected chi connectivity index (χ3v) is 5.19. The molecule has 3 aromatic rings. The van der Waals surface area contributed by atoms with Crippen molar-refractivity contribution in [3.8, 4) is 11.5 Å². The number of carboxylic acid groups (broad SMARTS) is 1. The Morgan fingerprint density at radius 2 is 1.70 bits per heavy atom. The maximum absolute atomic E-state index is 15.0. The van der Waals surface area contributed by atoms with E-state index in [1.807, 2.05) is 30.3 Å². The lowest BCUT2D eigenvalue weighted by Gasteiger charge is -2.21. The first-order valence-electron chi connectivity index (χ1n) is 10.7. The summed E-state index contributed by atoms with van der Waals surface area (Å²) in [4.78, 5) is 10.6. The lowest BCUT2D eigenvalue weighted by Crippen LogP contribution is -2.24. The van der Waals surface area contributed by atoms with Crippen molar-refractivity contribution in [2.75, 3.05) is 20.2 Å². The first-order valence-corrected chi connectivity index (χ1v) is 10.7. The van der Waals surface area contributed by atoms with E-state index in [9.17, 15) is 4.79 Å². The van der Waals surface area contributed by atoms with Gasteiger partial charge in [0.2, 0.25) is 0 Å². The first kappa shape index (κ1) is 24.2. The number of rotatable bonds is 12. The Bertz CT molecular complexity index is 1030. The van der Waals surface area contributed by atoms with Gasteiger partial charge in [-0.25, -0.2) is 0 Å². The largest absolute Gasteiger partial charge is 0.497 e. The van der Waals surface area contributed by atoms with E-state index in [2.05, 4.69) is 5.32 Å². The average Bonchev–Trinajstić information content (AvgIpc) is 2.84. The van der Waals surface area contributed by atoms with Crippen LogP contribution in [0.2, 0.25) is 0 Å². The van der Waals surface area contributed by atoms with Gasteiger partial charge in [0.1, 0.15) is 17.6 Å². The first-order chi connectivity index (χ1) is 15.9. The molecule has 1 atom stereocenters. The van der Waals surface area contributed by atoms with E-state index < -0.39 is 11.9 Å². The molecule has 0 saturated carbocycles. The van der Waals surface area contributed by atoms with Crippen molar-refractivity contribution < 1.29 is 28.2 Å². The van der Waals surface area contributed by atoms with Gasteiger partial charge >= 0.3 is 5.97 Å². The van der Waals surface area contributed by atoms with Gasteiger partial charge in [0.25, 0.3) is 5.92 Å². The van der Waals surface area contributed by atoms with Crippen molar-refractivity contribution in [1.82, 2.24) is 5.32 Å². The summed E-state index contributed by atoms with van der Waals surface area (Å²) in [6, 6.07) is 21.3. The maximum Gasteiger partial charge on any atom is 0.317 e. The summed E-state index contributed by atoms with van der Waals surface area (Å²) >= 11 is 0. The topological polar surface area (TPSA) is 67.8 Å². The zero-order chi connectivity index (χ0) is 23.7. The van der Waals surface area contributed by atoms with Crippen molar-refractivity contribution in [3.63, 3.8) is 0 Å². The minimum absolute atomic E-state index is 0.0974. The summed E-state index contributed by atoms with van der Waals surface area (Å²) in [5.74, 6) is -3.23. The number of hydrogen-bond donors (Lipinski definition) is 2. The van der Waals surface area contributed by atoms with E-state index in [-0.39, 0.29) is 23.8 Å². The van der Waals surface area contributed by atoms with Crippen LogP contribution in [0.25, 0.3) is 0 Å². The Hall–Kier alpha value is -3.45. The Balaban J connectivity index is 1.71. The van der Waals surface area contributed by atoms with Gasteiger partial charge in [-0.05, 0) is 61.3 Å². The molecule has 0 fully saturated rings. The van der Waals surface area contributed by atoms with Crippen LogP contribution in [0, 0.1) is 0 Å². The molecule has 0 radical (unpaired) electrons. The zero-order valence-corrected chi connectivity index (χ0v) is 18.3. The lowest BCUT2D eigenvalue weighted by molar-refractivity contribution is -0.135. The van der Waals surface area contributed by atoms with E-state index in [0.29, 0.717) is 30.9 Å². The molecule has 2 N–H and O–H groups in total. The van der Waals surface area contributed by atoms with Gasteiger partial charge < -0.3 is 19.9 Å². The highest BCUT2D eigenvalue weighted by molar-refractivity contribution is 5.68. The molecule has 0 aromatic heterocycles. The molecule has 0 aliphatic heterocycles. The van der Waals surface area contributed by atoms with Crippen LogP contribution in [0.3, 0.4) is 0 Å². The van der Waals surface area contributed by atoms with E-state index in [4.69, 9.17) is 14.6 Å². The molecule has 174 valence electrons. The van der Waals surface area contributed by atoms with E-state index in [0.717, 1.165) is 5.56 Å². The third kappa shape index (κ3) is 6.76. The summed E-state index contributed by atoms with van der Waals surface area (Å²) in [5.41, 5.74) is 0.672. The van der Waals surface area contributed by atoms with Gasteiger partial charge in [-0.1, -0.05) is 42.5 Å². The average molecular weight is 456 g/mol. The number of carbonyl (C=O) groups is 1. The predicted octanol–water partition coefficient (Wildman–Crippen LogP) is 5.41. The number of ether oxygens (including phenoxy) is 2. The molecule has 0 aliphatic rings. The highest BCUT2D eigenvalue weighted by Crippen LogP contribution is 2.38. The summed E-state index contributed by atoms with van der Waals surface area (Å²) in [6.07, 6.45) is 1.04. The van der Waals surface area contributed by atoms with E-state index in [1.165, 1.54) is 37.4 Å². The Labute approximate surface area is 192 Å². The van der Waals surface area contributed by atoms with Crippen LogP contribution in [0.1, 0.15) is 35.6 Å². The number of hydrogen-bond acceptors (Lipinski definition) is 4. The van der Waals surface area contributed by atoms with Gasteiger partial charge in [0.05, 0.1) is 13.7 Å². The van der Waals surface area contributed by atoms with E-state index >= 15 is 8.78 Å². The number of alkyl halides is 2. The Kier molecular flexibility index (Phi) is 8.38. The number of nitrogens with one attached hydrogen (secondary N) is 1. The van der Waals surface area contributed by atoms with Gasteiger partial charge in [-0.15, -0.1) is 0 Å². The molecule has 0 aliphatic carbocycles. The summed E-state index contributed by atoms with van der Waals surface area (Å²) in [6.45, 7) is 0.435. The molecule has 33 heavy (non-hydrogen) atoms. The molecule has 3 aromatic carbocycles. The molecular formula is C26H27F2NO4.